The van der Waals surface area contributed by atoms with Crippen LogP contribution in [0.5, 0.6) is 0 Å². The number of aromatic nitrogens is 3. The number of nitrogens with one attached hydrogen (secondary N) is 2. The Balaban J connectivity index is 1.94. The molecular formula is C22H26N4O2. The third-order valence-electron chi connectivity index (χ3n) is 5.09. The number of nitrogens with zero attached hydrogens (tertiary/aromatic N) is 2. The van der Waals surface area contributed by atoms with Crippen LogP contribution in [0.15, 0.2) is 29.2 Å². The average molecular weight is 378 g/mol. The smallest absolute Gasteiger partial charge is 0.253 e. The van der Waals surface area contributed by atoms with Crippen LogP contribution in [-0.4, -0.2) is 20.7 Å². The highest BCUT2D eigenvalue weighted by molar-refractivity contribution is 5.97. The maximum absolute atomic E-state index is 12.9. The summed E-state index contributed by atoms with van der Waals surface area (Å²) in [6.07, 6.45) is 1.82. The van der Waals surface area contributed by atoms with Gasteiger partial charge in [-0.05, 0) is 75.1 Å². The molecule has 2 N–H and O–H groups in total. The topological polar surface area (TPSA) is 79.8 Å². The summed E-state index contributed by atoms with van der Waals surface area (Å²) in [5, 5.41) is 7.22. The van der Waals surface area contributed by atoms with E-state index in [0.717, 1.165) is 39.2 Å². The number of carbonyl (C=O) groups is 1. The van der Waals surface area contributed by atoms with E-state index >= 15 is 0 Å². The van der Waals surface area contributed by atoms with E-state index in [9.17, 15) is 9.59 Å². The highest BCUT2D eigenvalue weighted by Crippen LogP contribution is 2.29. The van der Waals surface area contributed by atoms with E-state index in [1.165, 1.54) is 0 Å². The van der Waals surface area contributed by atoms with E-state index in [1.807, 2.05) is 64.7 Å². The zero-order chi connectivity index (χ0) is 20.6. The fourth-order valence-electron chi connectivity index (χ4n) is 3.64. The molecule has 0 saturated heterocycles. The fourth-order valence-corrected chi connectivity index (χ4v) is 3.64. The summed E-state index contributed by atoms with van der Waals surface area (Å²) in [6, 6.07) is 5.86. The van der Waals surface area contributed by atoms with Gasteiger partial charge in [0.1, 0.15) is 0 Å². The van der Waals surface area contributed by atoms with Crippen LogP contribution in [0.25, 0.3) is 11.3 Å². The Morgan fingerprint density at radius 3 is 2.43 bits per heavy atom. The SMILES string of the molecule is Cc1cc(C(=O)NCc2c(C)cc(C)[nH]c2=O)c(C)c(-c2c(C)cnn2C)c1. The van der Waals surface area contributed by atoms with Gasteiger partial charge in [0, 0.05) is 36.0 Å². The second kappa shape index (κ2) is 7.46. The first-order chi connectivity index (χ1) is 13.2. The third-order valence-corrected chi connectivity index (χ3v) is 5.09. The van der Waals surface area contributed by atoms with Crippen LogP contribution in [0, 0.1) is 34.6 Å². The van der Waals surface area contributed by atoms with E-state index in [2.05, 4.69) is 21.5 Å². The van der Waals surface area contributed by atoms with E-state index in [1.54, 1.807) is 0 Å². The van der Waals surface area contributed by atoms with Crippen LogP contribution in [0.1, 0.15) is 43.9 Å². The van der Waals surface area contributed by atoms with Crippen molar-refractivity contribution >= 4 is 5.91 Å². The summed E-state index contributed by atoms with van der Waals surface area (Å²) in [7, 11) is 1.90. The molecule has 0 atom stereocenters. The molecule has 0 fully saturated rings. The van der Waals surface area contributed by atoms with Gasteiger partial charge in [0.2, 0.25) is 0 Å². The van der Waals surface area contributed by atoms with Crippen LogP contribution >= 0.6 is 0 Å². The predicted octanol–water partition coefficient (Wildman–Crippen LogP) is 3.25. The molecule has 2 heterocycles. The minimum atomic E-state index is -0.193. The van der Waals surface area contributed by atoms with Gasteiger partial charge in [-0.25, -0.2) is 0 Å². The number of H-pyrrole nitrogens is 1. The molecule has 28 heavy (non-hydrogen) atoms. The molecule has 1 aromatic carbocycles. The van der Waals surface area contributed by atoms with Gasteiger partial charge >= 0.3 is 0 Å². The average Bonchev–Trinajstić information content (AvgIpc) is 2.94. The van der Waals surface area contributed by atoms with Gasteiger partial charge in [-0.1, -0.05) is 0 Å². The molecule has 0 aliphatic heterocycles. The first-order valence-electron chi connectivity index (χ1n) is 9.27. The fraction of sp³-hybridized carbons (Fsp3) is 0.318. The van der Waals surface area contributed by atoms with Gasteiger partial charge < -0.3 is 10.3 Å². The summed E-state index contributed by atoms with van der Waals surface area (Å²) in [4.78, 5) is 27.9. The van der Waals surface area contributed by atoms with Crippen LogP contribution in [0.4, 0.5) is 0 Å². The second-order valence-corrected chi connectivity index (χ2v) is 7.41. The molecule has 3 rings (SSSR count). The number of hydrogen-bond donors (Lipinski definition) is 2. The lowest BCUT2D eigenvalue weighted by Gasteiger charge is -2.15. The van der Waals surface area contributed by atoms with Crippen molar-refractivity contribution in [3.8, 4) is 11.3 Å². The normalized spacial score (nSPS) is 10.9. The minimum Gasteiger partial charge on any atom is -0.348 e. The molecule has 6 heteroatoms. The lowest BCUT2D eigenvalue weighted by Crippen LogP contribution is -2.28. The zero-order valence-corrected chi connectivity index (χ0v) is 17.2. The van der Waals surface area contributed by atoms with Crippen molar-refractivity contribution < 1.29 is 4.79 Å². The minimum absolute atomic E-state index is 0.162. The van der Waals surface area contributed by atoms with Crippen LogP contribution in [-0.2, 0) is 13.6 Å². The number of aryl methyl sites for hydroxylation is 5. The molecule has 6 nitrogen and oxygen atoms in total. The van der Waals surface area contributed by atoms with Crippen molar-refractivity contribution in [1.82, 2.24) is 20.1 Å². The predicted molar refractivity (Wildman–Crippen MR) is 111 cm³/mol. The van der Waals surface area contributed by atoms with Gasteiger partial charge in [0.15, 0.2) is 0 Å². The highest BCUT2D eigenvalue weighted by atomic mass is 16.1. The molecule has 2 aromatic heterocycles. The van der Waals surface area contributed by atoms with Crippen LogP contribution < -0.4 is 10.9 Å². The largest absolute Gasteiger partial charge is 0.348 e. The molecular weight excluding hydrogens is 352 g/mol. The lowest BCUT2D eigenvalue weighted by molar-refractivity contribution is 0.0950. The summed E-state index contributed by atoms with van der Waals surface area (Å²) in [5.74, 6) is -0.193. The lowest BCUT2D eigenvalue weighted by atomic mass is 9.95. The Labute approximate surface area is 164 Å². The molecule has 0 aliphatic rings. The summed E-state index contributed by atoms with van der Waals surface area (Å²) < 4.78 is 1.83. The molecule has 0 radical (unpaired) electrons. The monoisotopic (exact) mass is 378 g/mol. The Kier molecular flexibility index (Phi) is 5.23. The summed E-state index contributed by atoms with van der Waals surface area (Å²) >= 11 is 0. The van der Waals surface area contributed by atoms with Crippen molar-refractivity contribution in [2.45, 2.75) is 41.2 Å². The number of hydrogen-bond acceptors (Lipinski definition) is 3. The number of rotatable bonds is 4. The van der Waals surface area contributed by atoms with E-state index in [-0.39, 0.29) is 18.0 Å². The van der Waals surface area contributed by atoms with Crippen LogP contribution in [0.3, 0.4) is 0 Å². The van der Waals surface area contributed by atoms with Crippen LogP contribution in [0.2, 0.25) is 0 Å². The maximum atomic E-state index is 12.9. The van der Waals surface area contributed by atoms with E-state index < -0.39 is 0 Å². The number of aromatic amines is 1. The molecule has 0 aliphatic carbocycles. The van der Waals surface area contributed by atoms with E-state index in [4.69, 9.17) is 0 Å². The molecule has 0 spiro atoms. The van der Waals surface area contributed by atoms with E-state index in [0.29, 0.717) is 11.1 Å². The molecule has 0 bridgehead atoms. The number of pyridine rings is 1. The Bertz CT molecular complexity index is 1100. The molecule has 0 unspecified atom stereocenters. The zero-order valence-electron chi connectivity index (χ0n) is 17.2. The number of amides is 1. The Morgan fingerprint density at radius 2 is 1.82 bits per heavy atom. The number of carbonyl (C=O) groups excluding carboxylic acids is 1. The highest BCUT2D eigenvalue weighted by Gasteiger charge is 2.18. The van der Waals surface area contributed by atoms with Gasteiger partial charge in [-0.15, -0.1) is 0 Å². The molecule has 1 amide bonds. The first kappa shape index (κ1) is 19.6. The summed E-state index contributed by atoms with van der Waals surface area (Å²) in [6.45, 7) is 9.84. The first-order valence-corrected chi connectivity index (χ1v) is 9.27. The third kappa shape index (κ3) is 3.63. The van der Waals surface area contributed by atoms with Crippen molar-refractivity contribution in [3.63, 3.8) is 0 Å². The van der Waals surface area contributed by atoms with Crippen molar-refractivity contribution in [2.24, 2.45) is 7.05 Å². The van der Waals surface area contributed by atoms with Gasteiger partial charge in [-0.2, -0.15) is 5.10 Å². The standard InChI is InChI=1S/C22H26N4O2/c1-12-7-17(20-14(3)10-24-26(20)6)16(5)18(8-12)21(27)23-11-19-13(2)9-15(4)25-22(19)28/h7-10H,11H2,1-6H3,(H,23,27)(H,25,28). The summed E-state index contributed by atoms with van der Waals surface area (Å²) in [5.41, 5.74) is 7.64. The Hall–Kier alpha value is -3.15. The maximum Gasteiger partial charge on any atom is 0.253 e. The van der Waals surface area contributed by atoms with Gasteiger partial charge in [0.05, 0.1) is 11.9 Å². The van der Waals surface area contributed by atoms with Gasteiger partial charge in [0.25, 0.3) is 11.5 Å². The molecule has 3 aromatic rings. The molecule has 146 valence electrons. The van der Waals surface area contributed by atoms with Crippen molar-refractivity contribution in [2.75, 3.05) is 0 Å². The Morgan fingerprint density at radius 1 is 1.11 bits per heavy atom. The number of benzene rings is 1. The van der Waals surface area contributed by atoms with Crippen molar-refractivity contribution in [3.05, 3.63) is 73.8 Å². The van der Waals surface area contributed by atoms with Gasteiger partial charge in [-0.3, -0.25) is 14.3 Å². The van der Waals surface area contributed by atoms with Crippen molar-refractivity contribution in [1.29, 1.82) is 0 Å². The second-order valence-electron chi connectivity index (χ2n) is 7.41. The quantitative estimate of drug-likeness (QED) is 0.731. The molecule has 0 saturated carbocycles.